The fourth-order valence-corrected chi connectivity index (χ4v) is 3.93. The number of benzene rings is 2. The van der Waals surface area contributed by atoms with Gasteiger partial charge in [-0.05, 0) is 54.1 Å². The molecule has 0 fully saturated rings. The fraction of sp³-hybridized carbons (Fsp3) is 0.0952. The first-order valence-electron chi connectivity index (χ1n) is 9.09. The molecule has 11 heteroatoms. The van der Waals surface area contributed by atoms with Crippen LogP contribution < -0.4 is 10.6 Å². The van der Waals surface area contributed by atoms with E-state index in [4.69, 9.17) is 5.26 Å². The number of pyridine rings is 1. The molecule has 0 aliphatic rings. The summed E-state index contributed by atoms with van der Waals surface area (Å²) in [6.45, 7) is 0.235. The van der Waals surface area contributed by atoms with Gasteiger partial charge in [-0.2, -0.15) is 18.4 Å². The van der Waals surface area contributed by atoms with Crippen LogP contribution in [-0.2, 0) is 22.6 Å². The topological polar surface area (TPSA) is 107 Å². The number of rotatable bonds is 5. The van der Waals surface area contributed by atoms with E-state index in [-0.39, 0.29) is 22.3 Å². The van der Waals surface area contributed by atoms with Gasteiger partial charge in [-0.15, -0.1) is 4.99 Å². The van der Waals surface area contributed by atoms with Gasteiger partial charge in [0.25, 0.3) is 0 Å². The average molecular weight is 459 g/mol. The highest BCUT2D eigenvalue weighted by atomic mass is 32.2. The number of halogens is 3. The third-order valence-electron chi connectivity index (χ3n) is 4.29. The van der Waals surface area contributed by atoms with Crippen molar-refractivity contribution in [2.75, 3.05) is 5.32 Å². The highest BCUT2D eigenvalue weighted by Crippen LogP contribution is 2.30. The summed E-state index contributed by atoms with van der Waals surface area (Å²) in [6.07, 6.45) is 0.281. The molecule has 2 aromatic carbocycles. The van der Waals surface area contributed by atoms with E-state index in [9.17, 15) is 21.6 Å². The van der Waals surface area contributed by atoms with Crippen molar-refractivity contribution in [2.24, 2.45) is 4.99 Å². The Balaban J connectivity index is 1.70. The smallest absolute Gasteiger partial charge is 0.351 e. The lowest BCUT2D eigenvalue weighted by Crippen LogP contribution is -2.30. The summed E-state index contributed by atoms with van der Waals surface area (Å²) in [5.74, 6) is 0.195. The van der Waals surface area contributed by atoms with Gasteiger partial charge in [0.2, 0.25) is 22.0 Å². The molecule has 1 heterocycles. The Labute approximate surface area is 182 Å². The van der Waals surface area contributed by atoms with E-state index in [0.717, 1.165) is 24.3 Å². The molecule has 0 saturated heterocycles. The summed E-state index contributed by atoms with van der Waals surface area (Å²) in [5.41, 5.74) is 0.436. The minimum absolute atomic E-state index is 0.0539. The normalized spacial score (nSPS) is 12.1. The molecule has 0 saturated carbocycles. The summed E-state index contributed by atoms with van der Waals surface area (Å²) < 4.78 is 63.5. The lowest BCUT2D eigenvalue weighted by molar-refractivity contribution is -0.137. The zero-order valence-electron chi connectivity index (χ0n) is 16.3. The van der Waals surface area contributed by atoms with Crippen molar-refractivity contribution in [3.63, 3.8) is 0 Å². The van der Waals surface area contributed by atoms with E-state index in [2.05, 4.69) is 20.6 Å². The highest BCUT2D eigenvalue weighted by molar-refractivity contribution is 7.91. The maximum Gasteiger partial charge on any atom is 0.416 e. The van der Waals surface area contributed by atoms with Crippen molar-refractivity contribution in [3.05, 3.63) is 84.2 Å². The van der Waals surface area contributed by atoms with Crippen molar-refractivity contribution in [2.45, 2.75) is 22.5 Å². The van der Waals surface area contributed by atoms with Gasteiger partial charge in [0.1, 0.15) is 0 Å². The Kier molecular flexibility index (Phi) is 6.75. The first-order chi connectivity index (χ1) is 15.2. The van der Waals surface area contributed by atoms with Gasteiger partial charge >= 0.3 is 6.18 Å². The Morgan fingerprint density at radius 1 is 0.969 bits per heavy atom. The largest absolute Gasteiger partial charge is 0.416 e. The van der Waals surface area contributed by atoms with Gasteiger partial charge in [-0.25, -0.2) is 8.42 Å². The van der Waals surface area contributed by atoms with E-state index >= 15 is 0 Å². The lowest BCUT2D eigenvalue weighted by atomic mass is 10.2. The number of hydrogen-bond donors (Lipinski definition) is 2. The number of nitrogens with zero attached hydrogens (tertiary/aromatic N) is 3. The summed E-state index contributed by atoms with van der Waals surface area (Å²) in [7, 11) is -3.97. The molecule has 0 aliphatic carbocycles. The van der Waals surface area contributed by atoms with Crippen molar-refractivity contribution in [1.82, 2.24) is 10.3 Å². The number of sulfone groups is 1. The average Bonchev–Trinajstić information content (AvgIpc) is 2.78. The molecule has 0 radical (unpaired) electrons. The van der Waals surface area contributed by atoms with E-state index in [0.29, 0.717) is 11.3 Å². The van der Waals surface area contributed by atoms with E-state index in [1.165, 1.54) is 12.1 Å². The van der Waals surface area contributed by atoms with Crippen LogP contribution in [0.2, 0.25) is 0 Å². The number of guanidine groups is 1. The Morgan fingerprint density at radius 2 is 1.53 bits per heavy atom. The number of nitriles is 1. The van der Waals surface area contributed by atoms with Crippen LogP contribution >= 0.6 is 0 Å². The Bertz CT molecular complexity index is 1240. The zero-order chi connectivity index (χ0) is 23.2. The molecule has 3 aromatic rings. The molecule has 32 heavy (non-hydrogen) atoms. The van der Waals surface area contributed by atoms with Crippen molar-refractivity contribution in [3.8, 4) is 6.19 Å². The first-order valence-corrected chi connectivity index (χ1v) is 10.6. The molecule has 0 amide bonds. The number of nitrogens with one attached hydrogen (secondary N) is 2. The predicted octanol–water partition coefficient (Wildman–Crippen LogP) is 3.97. The van der Waals surface area contributed by atoms with Crippen molar-refractivity contribution < 1.29 is 21.6 Å². The van der Waals surface area contributed by atoms with E-state index in [1.54, 1.807) is 42.9 Å². The molecule has 0 bridgehead atoms. The van der Waals surface area contributed by atoms with Gasteiger partial charge in [-0.1, -0.05) is 12.1 Å². The maximum atomic E-state index is 12.7. The first kappa shape index (κ1) is 22.8. The van der Waals surface area contributed by atoms with Crippen molar-refractivity contribution >= 4 is 21.5 Å². The summed E-state index contributed by atoms with van der Waals surface area (Å²) in [4.78, 5) is 7.26. The molecule has 1 aromatic heterocycles. The summed E-state index contributed by atoms with van der Waals surface area (Å²) in [5, 5.41) is 14.7. The molecular weight excluding hydrogens is 443 g/mol. The third kappa shape index (κ3) is 5.61. The molecule has 0 aliphatic heterocycles. The standard InChI is InChI=1S/C21H16F3N5O2S/c22-21(23,24)16-3-7-19(8-4-16)32(30,31)18-5-1-15(2-6-18)13-27-20(28-14-25)29-17-9-11-26-12-10-17/h1-12H,13H2,(H2,26,27,28,29). The van der Waals surface area contributed by atoms with Crippen LogP contribution in [0.25, 0.3) is 0 Å². The van der Waals surface area contributed by atoms with Crippen LogP contribution in [0.5, 0.6) is 0 Å². The number of aromatic nitrogens is 1. The monoisotopic (exact) mass is 459 g/mol. The molecule has 0 unspecified atom stereocenters. The second kappa shape index (κ2) is 9.49. The summed E-state index contributed by atoms with van der Waals surface area (Å²) >= 11 is 0. The summed E-state index contributed by atoms with van der Waals surface area (Å²) in [6, 6.07) is 12.6. The van der Waals surface area contributed by atoms with Crippen LogP contribution in [-0.4, -0.2) is 19.4 Å². The van der Waals surface area contributed by atoms with Gasteiger partial charge in [0, 0.05) is 24.6 Å². The van der Waals surface area contributed by atoms with Gasteiger partial charge in [0.05, 0.1) is 15.4 Å². The number of aliphatic imine (C=N–C) groups is 1. The molecule has 164 valence electrons. The molecule has 7 nitrogen and oxygen atoms in total. The number of alkyl halides is 3. The fourth-order valence-electron chi connectivity index (χ4n) is 2.67. The predicted molar refractivity (Wildman–Crippen MR) is 111 cm³/mol. The van der Waals surface area contributed by atoms with Gasteiger partial charge in [0.15, 0.2) is 0 Å². The molecule has 2 N–H and O–H groups in total. The van der Waals surface area contributed by atoms with Crippen LogP contribution in [0, 0.1) is 11.5 Å². The van der Waals surface area contributed by atoms with Crippen LogP contribution in [0.15, 0.2) is 87.8 Å². The third-order valence-corrected chi connectivity index (χ3v) is 6.08. The maximum absolute atomic E-state index is 12.7. The molecule has 0 atom stereocenters. The minimum atomic E-state index is -4.54. The minimum Gasteiger partial charge on any atom is -0.351 e. The lowest BCUT2D eigenvalue weighted by Gasteiger charge is -2.12. The van der Waals surface area contributed by atoms with E-state index < -0.39 is 21.6 Å². The van der Waals surface area contributed by atoms with Gasteiger partial charge < -0.3 is 10.6 Å². The number of anilines is 1. The quantitative estimate of drug-likeness (QED) is 0.340. The molecule has 3 rings (SSSR count). The molecule has 0 spiro atoms. The van der Waals surface area contributed by atoms with Crippen LogP contribution in [0.3, 0.4) is 0 Å². The Hall–Kier alpha value is -3.91. The Morgan fingerprint density at radius 3 is 2.06 bits per heavy atom. The van der Waals surface area contributed by atoms with Crippen molar-refractivity contribution in [1.29, 1.82) is 5.26 Å². The number of hydrogen-bond acceptors (Lipinski definition) is 5. The van der Waals surface area contributed by atoms with Gasteiger partial charge in [-0.3, -0.25) is 4.98 Å². The SMILES string of the molecule is N#CN=C(NCc1ccc(S(=O)(=O)c2ccc(C(F)(F)F)cc2)cc1)Nc1ccncc1. The highest BCUT2D eigenvalue weighted by Gasteiger charge is 2.30. The zero-order valence-corrected chi connectivity index (χ0v) is 17.2. The second-order valence-corrected chi connectivity index (χ2v) is 8.39. The van der Waals surface area contributed by atoms with E-state index in [1.807, 2.05) is 0 Å². The second-order valence-electron chi connectivity index (χ2n) is 6.44. The van der Waals surface area contributed by atoms with Crippen LogP contribution in [0.1, 0.15) is 11.1 Å². The molecular formula is C21H16F3N5O2S. The van der Waals surface area contributed by atoms with Crippen LogP contribution in [0.4, 0.5) is 18.9 Å².